The first-order valence-electron chi connectivity index (χ1n) is 10.3. The number of hydrogen-bond donors (Lipinski definition) is 1. The number of likely N-dealkylation sites (tertiary alicyclic amines) is 1. The van der Waals surface area contributed by atoms with E-state index in [-0.39, 0.29) is 35.9 Å². The molecule has 2 saturated heterocycles. The van der Waals surface area contributed by atoms with Gasteiger partial charge in [0.15, 0.2) is 5.96 Å². The van der Waals surface area contributed by atoms with Crippen LogP contribution in [0.1, 0.15) is 25.3 Å². The largest absolute Gasteiger partial charge is 0.496 e. The van der Waals surface area contributed by atoms with Crippen LogP contribution in [0.5, 0.6) is 5.75 Å². The number of carbonyl (C=O) groups excluding carboxylic acids is 1. The Morgan fingerprint density at radius 1 is 1.17 bits per heavy atom. The van der Waals surface area contributed by atoms with E-state index in [1.807, 2.05) is 30.0 Å². The van der Waals surface area contributed by atoms with Crippen LogP contribution in [0.2, 0.25) is 5.02 Å². The second-order valence-electron chi connectivity index (χ2n) is 7.59. The predicted molar refractivity (Wildman–Crippen MR) is 132 cm³/mol. The fourth-order valence-corrected chi connectivity index (χ4v) is 4.21. The molecule has 0 spiro atoms. The molecule has 1 amide bonds. The molecule has 2 heterocycles. The first kappa shape index (κ1) is 25.0. The van der Waals surface area contributed by atoms with E-state index in [2.05, 4.69) is 20.1 Å². The van der Waals surface area contributed by atoms with Crippen molar-refractivity contribution in [2.45, 2.75) is 32.4 Å². The number of amides is 1. The SMILES string of the molecule is CN=C(NCc1ccc(Cl)cc1OC)N1CCN(C(C)C(=O)N2CCCC2)CC1.I. The highest BCUT2D eigenvalue weighted by molar-refractivity contribution is 14.0. The van der Waals surface area contributed by atoms with Crippen molar-refractivity contribution in [1.82, 2.24) is 20.0 Å². The molecule has 1 aromatic carbocycles. The molecule has 1 unspecified atom stereocenters. The third-order valence-electron chi connectivity index (χ3n) is 5.83. The average molecular weight is 550 g/mol. The number of ether oxygens (including phenoxy) is 1. The molecule has 3 rings (SSSR count). The molecule has 2 aliphatic heterocycles. The highest BCUT2D eigenvalue weighted by atomic mass is 127. The van der Waals surface area contributed by atoms with Crippen LogP contribution in [-0.4, -0.2) is 86.0 Å². The summed E-state index contributed by atoms with van der Waals surface area (Å²) in [5, 5.41) is 4.08. The summed E-state index contributed by atoms with van der Waals surface area (Å²) >= 11 is 6.05. The van der Waals surface area contributed by atoms with Crippen molar-refractivity contribution in [3.05, 3.63) is 28.8 Å². The minimum absolute atomic E-state index is 0. The summed E-state index contributed by atoms with van der Waals surface area (Å²) in [6.07, 6.45) is 2.26. The van der Waals surface area contributed by atoms with Crippen molar-refractivity contribution in [3.63, 3.8) is 0 Å². The zero-order valence-corrected chi connectivity index (χ0v) is 21.2. The normalized spacial score (nSPS) is 18.7. The topological polar surface area (TPSA) is 60.4 Å². The number of hydrogen-bond acceptors (Lipinski definition) is 4. The lowest BCUT2D eigenvalue weighted by Crippen LogP contribution is -2.57. The van der Waals surface area contributed by atoms with Gasteiger partial charge in [-0.3, -0.25) is 14.7 Å². The number of nitrogens with zero attached hydrogens (tertiary/aromatic N) is 4. The molecule has 1 atom stereocenters. The van der Waals surface area contributed by atoms with Gasteiger partial charge in [-0.1, -0.05) is 17.7 Å². The Bertz CT molecular complexity index is 734. The van der Waals surface area contributed by atoms with Crippen LogP contribution in [0.4, 0.5) is 0 Å². The molecule has 0 aliphatic carbocycles. The monoisotopic (exact) mass is 549 g/mol. The minimum Gasteiger partial charge on any atom is -0.496 e. The number of nitrogens with one attached hydrogen (secondary N) is 1. The number of halogens is 2. The van der Waals surface area contributed by atoms with Crippen LogP contribution < -0.4 is 10.1 Å². The number of methoxy groups -OCH3 is 1. The average Bonchev–Trinajstić information content (AvgIpc) is 3.29. The maximum Gasteiger partial charge on any atom is 0.239 e. The van der Waals surface area contributed by atoms with E-state index in [0.29, 0.717) is 11.6 Å². The summed E-state index contributed by atoms with van der Waals surface area (Å²) < 4.78 is 5.42. The minimum atomic E-state index is -0.0523. The number of benzene rings is 1. The first-order valence-corrected chi connectivity index (χ1v) is 10.7. The third kappa shape index (κ3) is 6.13. The smallest absolute Gasteiger partial charge is 0.239 e. The molecule has 0 radical (unpaired) electrons. The summed E-state index contributed by atoms with van der Waals surface area (Å²) in [6, 6.07) is 5.59. The second-order valence-corrected chi connectivity index (χ2v) is 8.02. The quantitative estimate of drug-likeness (QED) is 0.348. The summed E-state index contributed by atoms with van der Waals surface area (Å²) in [5.41, 5.74) is 1.03. The van der Waals surface area contributed by atoms with Crippen molar-refractivity contribution in [2.24, 2.45) is 4.99 Å². The molecule has 1 aromatic rings. The van der Waals surface area contributed by atoms with Gasteiger partial charge in [0.1, 0.15) is 5.75 Å². The molecule has 0 saturated carbocycles. The zero-order chi connectivity index (χ0) is 20.8. The van der Waals surface area contributed by atoms with Crippen LogP contribution >= 0.6 is 35.6 Å². The Morgan fingerprint density at radius 2 is 1.83 bits per heavy atom. The van der Waals surface area contributed by atoms with Gasteiger partial charge in [-0.2, -0.15) is 0 Å². The van der Waals surface area contributed by atoms with Crippen LogP contribution in [-0.2, 0) is 11.3 Å². The molecule has 2 fully saturated rings. The Balaban J connectivity index is 0.00000320. The summed E-state index contributed by atoms with van der Waals surface area (Å²) in [7, 11) is 3.45. The van der Waals surface area contributed by atoms with Crippen molar-refractivity contribution < 1.29 is 9.53 Å². The highest BCUT2D eigenvalue weighted by Gasteiger charge is 2.30. The Hall–Kier alpha value is -1.26. The van der Waals surface area contributed by atoms with E-state index in [0.717, 1.165) is 69.4 Å². The first-order chi connectivity index (χ1) is 14.0. The fourth-order valence-electron chi connectivity index (χ4n) is 4.05. The van der Waals surface area contributed by atoms with E-state index in [9.17, 15) is 4.79 Å². The fraction of sp³-hybridized carbons (Fsp3) is 0.619. The maximum absolute atomic E-state index is 12.7. The van der Waals surface area contributed by atoms with Crippen molar-refractivity contribution in [1.29, 1.82) is 0 Å². The number of guanidine groups is 1. The van der Waals surface area contributed by atoms with Crippen LogP contribution in [0.25, 0.3) is 0 Å². The summed E-state index contributed by atoms with van der Waals surface area (Å²) in [6.45, 7) is 7.86. The number of piperazine rings is 1. The lowest BCUT2D eigenvalue weighted by molar-refractivity contribution is -0.135. The van der Waals surface area contributed by atoms with Gasteiger partial charge in [-0.25, -0.2) is 0 Å². The van der Waals surface area contributed by atoms with Gasteiger partial charge >= 0.3 is 0 Å². The standard InChI is InChI=1S/C21H32ClN5O2.HI/c1-16(20(28)26-8-4-5-9-26)25-10-12-27(13-11-25)21(23-2)24-15-17-6-7-18(22)14-19(17)29-3;/h6-7,14,16H,4-5,8-13,15H2,1-3H3,(H,23,24);1H. The van der Waals surface area contributed by atoms with Gasteiger partial charge in [0.25, 0.3) is 0 Å². The van der Waals surface area contributed by atoms with Crippen molar-refractivity contribution >= 4 is 47.4 Å². The molecule has 0 aromatic heterocycles. The predicted octanol–water partition coefficient (Wildman–Crippen LogP) is 2.67. The van der Waals surface area contributed by atoms with Gasteiger partial charge in [0, 0.05) is 63.4 Å². The van der Waals surface area contributed by atoms with Crippen molar-refractivity contribution in [3.8, 4) is 5.75 Å². The Morgan fingerprint density at radius 3 is 2.43 bits per heavy atom. The van der Waals surface area contributed by atoms with E-state index in [1.165, 1.54) is 0 Å². The molecule has 0 bridgehead atoms. The van der Waals surface area contributed by atoms with Crippen LogP contribution in [0.15, 0.2) is 23.2 Å². The van der Waals surface area contributed by atoms with E-state index in [4.69, 9.17) is 16.3 Å². The molecule has 1 N–H and O–H groups in total. The Labute approximate surface area is 201 Å². The Kier molecular flexibility index (Phi) is 9.96. The summed E-state index contributed by atoms with van der Waals surface area (Å²) in [4.78, 5) is 23.6. The van der Waals surface area contributed by atoms with E-state index in [1.54, 1.807) is 14.2 Å². The molecular weight excluding hydrogens is 517 g/mol. The van der Waals surface area contributed by atoms with Gasteiger partial charge in [-0.05, 0) is 31.9 Å². The summed E-state index contributed by atoms with van der Waals surface area (Å²) in [5.74, 6) is 1.90. The van der Waals surface area contributed by atoms with Crippen LogP contribution in [0, 0.1) is 0 Å². The number of carbonyl (C=O) groups is 1. The van der Waals surface area contributed by atoms with Crippen LogP contribution in [0.3, 0.4) is 0 Å². The lowest BCUT2D eigenvalue weighted by Gasteiger charge is -2.39. The van der Waals surface area contributed by atoms with Gasteiger partial charge < -0.3 is 19.9 Å². The van der Waals surface area contributed by atoms with Gasteiger partial charge in [0.2, 0.25) is 5.91 Å². The number of aliphatic imine (C=N–C) groups is 1. The molecular formula is C21H33ClIN5O2. The molecule has 7 nitrogen and oxygen atoms in total. The molecule has 2 aliphatic rings. The molecule has 9 heteroatoms. The van der Waals surface area contributed by atoms with Crippen molar-refractivity contribution in [2.75, 3.05) is 53.4 Å². The molecule has 30 heavy (non-hydrogen) atoms. The maximum atomic E-state index is 12.7. The van der Waals surface area contributed by atoms with E-state index >= 15 is 0 Å². The number of rotatable bonds is 5. The van der Waals surface area contributed by atoms with E-state index < -0.39 is 0 Å². The lowest BCUT2D eigenvalue weighted by atomic mass is 10.2. The third-order valence-corrected chi connectivity index (χ3v) is 6.07. The zero-order valence-electron chi connectivity index (χ0n) is 18.1. The second kappa shape index (κ2) is 12.0. The molecule has 168 valence electrons. The highest BCUT2D eigenvalue weighted by Crippen LogP contribution is 2.23. The van der Waals surface area contributed by atoms with Gasteiger partial charge in [0.05, 0.1) is 13.2 Å². The van der Waals surface area contributed by atoms with Gasteiger partial charge in [-0.15, -0.1) is 24.0 Å².